The zero-order chi connectivity index (χ0) is 11.9. The van der Waals surface area contributed by atoms with Crippen molar-refractivity contribution in [3.63, 3.8) is 0 Å². The van der Waals surface area contributed by atoms with Gasteiger partial charge in [0, 0.05) is 12.1 Å². The molecule has 2 heterocycles. The monoisotopic (exact) mass is 231 g/mol. The summed E-state index contributed by atoms with van der Waals surface area (Å²) in [6.45, 7) is 2.16. The van der Waals surface area contributed by atoms with E-state index in [0.29, 0.717) is 12.1 Å². The lowest BCUT2D eigenvalue weighted by Crippen LogP contribution is -2.46. The first kappa shape index (κ1) is 11.2. The number of hydrogen-bond donors (Lipinski definition) is 2. The molecule has 17 heavy (non-hydrogen) atoms. The second kappa shape index (κ2) is 4.11. The van der Waals surface area contributed by atoms with Crippen molar-refractivity contribution in [1.29, 1.82) is 0 Å². The van der Waals surface area contributed by atoms with Crippen molar-refractivity contribution in [3.8, 4) is 0 Å². The smallest absolute Gasteiger partial charge is 0.0926 e. The highest BCUT2D eigenvalue weighted by molar-refractivity contribution is 5.28. The number of hydrogen-bond acceptors (Lipinski definition) is 2. The van der Waals surface area contributed by atoms with Crippen LogP contribution in [0.3, 0.4) is 0 Å². The van der Waals surface area contributed by atoms with Crippen LogP contribution in [0.4, 0.5) is 0 Å². The zero-order valence-electron chi connectivity index (χ0n) is 10.4. The maximum atomic E-state index is 10.8. The molecule has 0 spiro atoms. The first-order valence-electron chi connectivity index (χ1n) is 6.77. The Bertz CT molecular complexity index is 386. The van der Waals surface area contributed by atoms with E-state index in [9.17, 15) is 5.11 Å². The lowest BCUT2D eigenvalue weighted by atomic mass is 9.81. The summed E-state index contributed by atoms with van der Waals surface area (Å²) < 4.78 is 0. The molecule has 92 valence electrons. The Morgan fingerprint density at radius 2 is 1.76 bits per heavy atom. The number of piperidine rings is 1. The van der Waals surface area contributed by atoms with E-state index in [0.717, 1.165) is 24.8 Å². The quantitative estimate of drug-likeness (QED) is 0.819. The van der Waals surface area contributed by atoms with Crippen LogP contribution in [-0.2, 0) is 12.0 Å². The Morgan fingerprint density at radius 1 is 1.18 bits per heavy atom. The van der Waals surface area contributed by atoms with Crippen LogP contribution in [0.2, 0.25) is 0 Å². The summed E-state index contributed by atoms with van der Waals surface area (Å²) >= 11 is 0. The zero-order valence-corrected chi connectivity index (χ0v) is 10.4. The molecule has 1 aromatic carbocycles. The van der Waals surface area contributed by atoms with Gasteiger partial charge in [0.15, 0.2) is 0 Å². The van der Waals surface area contributed by atoms with Gasteiger partial charge in [-0.2, -0.15) is 0 Å². The summed E-state index contributed by atoms with van der Waals surface area (Å²) in [5.74, 6) is 0. The second-order valence-electron chi connectivity index (χ2n) is 5.63. The second-order valence-corrected chi connectivity index (χ2v) is 5.63. The third-order valence-corrected chi connectivity index (χ3v) is 4.40. The van der Waals surface area contributed by atoms with Gasteiger partial charge in [-0.25, -0.2) is 0 Å². The summed E-state index contributed by atoms with van der Waals surface area (Å²) in [5, 5.41) is 14.4. The average molecular weight is 231 g/mol. The minimum Gasteiger partial charge on any atom is -0.385 e. The molecule has 2 aliphatic heterocycles. The first-order chi connectivity index (χ1) is 8.19. The van der Waals surface area contributed by atoms with Crippen LogP contribution in [0.15, 0.2) is 24.3 Å². The van der Waals surface area contributed by atoms with Crippen LogP contribution in [-0.4, -0.2) is 17.2 Å². The van der Waals surface area contributed by atoms with Gasteiger partial charge in [0.1, 0.15) is 0 Å². The fraction of sp³-hybridized carbons (Fsp3) is 0.600. The van der Waals surface area contributed by atoms with Gasteiger partial charge in [-0.15, -0.1) is 0 Å². The number of fused-ring (bicyclic) bond motifs is 2. The number of aryl methyl sites for hydroxylation is 1. The van der Waals surface area contributed by atoms with Gasteiger partial charge in [-0.3, -0.25) is 0 Å². The molecular formula is C15H21NO. The molecule has 2 fully saturated rings. The standard InChI is InChI=1S/C15H21NO/c1-2-11-3-5-12(6-4-11)15(17)9-13-7-8-14(10-15)16-13/h3-6,13-14,16-17H,2,7-10H2,1H3. The fourth-order valence-corrected chi connectivity index (χ4v) is 3.41. The van der Waals surface area contributed by atoms with Crippen molar-refractivity contribution in [3.05, 3.63) is 35.4 Å². The van der Waals surface area contributed by atoms with E-state index in [4.69, 9.17) is 0 Å². The topological polar surface area (TPSA) is 32.3 Å². The van der Waals surface area contributed by atoms with E-state index in [1.54, 1.807) is 0 Å². The molecule has 2 bridgehead atoms. The van der Waals surface area contributed by atoms with Gasteiger partial charge < -0.3 is 10.4 Å². The van der Waals surface area contributed by atoms with E-state index < -0.39 is 5.60 Å². The van der Waals surface area contributed by atoms with Crippen LogP contribution >= 0.6 is 0 Å². The van der Waals surface area contributed by atoms with Crippen molar-refractivity contribution in [2.75, 3.05) is 0 Å². The Labute approximate surface area is 103 Å². The normalized spacial score (nSPS) is 36.1. The van der Waals surface area contributed by atoms with Crippen LogP contribution in [0.5, 0.6) is 0 Å². The molecule has 1 aromatic rings. The number of nitrogens with one attached hydrogen (secondary N) is 1. The molecule has 2 saturated heterocycles. The minimum atomic E-state index is -0.594. The third kappa shape index (κ3) is 2.00. The highest BCUT2D eigenvalue weighted by Gasteiger charge is 2.43. The maximum Gasteiger partial charge on any atom is 0.0926 e. The van der Waals surface area contributed by atoms with Crippen LogP contribution in [0.1, 0.15) is 43.7 Å². The predicted octanol–water partition coefficient (Wildman–Crippen LogP) is 2.35. The van der Waals surface area contributed by atoms with Crippen molar-refractivity contribution in [1.82, 2.24) is 5.32 Å². The Hall–Kier alpha value is -0.860. The van der Waals surface area contributed by atoms with Crippen LogP contribution < -0.4 is 5.32 Å². The van der Waals surface area contributed by atoms with Gasteiger partial charge in [-0.05, 0) is 43.2 Å². The van der Waals surface area contributed by atoms with Crippen molar-refractivity contribution >= 4 is 0 Å². The molecular weight excluding hydrogens is 210 g/mol. The lowest BCUT2D eigenvalue weighted by molar-refractivity contribution is -0.0114. The van der Waals surface area contributed by atoms with Gasteiger partial charge in [0.25, 0.3) is 0 Å². The number of benzene rings is 1. The Morgan fingerprint density at radius 3 is 2.29 bits per heavy atom. The SMILES string of the molecule is CCc1ccc(C2(O)CC3CCC(C2)N3)cc1. The van der Waals surface area contributed by atoms with Gasteiger partial charge in [0.2, 0.25) is 0 Å². The minimum absolute atomic E-state index is 0.518. The highest BCUT2D eigenvalue weighted by Crippen LogP contribution is 2.40. The highest BCUT2D eigenvalue weighted by atomic mass is 16.3. The molecule has 0 aromatic heterocycles. The number of aliphatic hydroxyl groups is 1. The summed E-state index contributed by atoms with van der Waals surface area (Å²) in [7, 11) is 0. The van der Waals surface area contributed by atoms with Crippen LogP contribution in [0.25, 0.3) is 0 Å². The number of rotatable bonds is 2. The molecule has 2 N–H and O–H groups in total. The molecule has 2 aliphatic rings. The summed E-state index contributed by atoms with van der Waals surface area (Å²) in [5.41, 5.74) is 1.85. The van der Waals surface area contributed by atoms with E-state index in [1.807, 2.05) is 0 Å². The maximum absolute atomic E-state index is 10.8. The summed E-state index contributed by atoms with van der Waals surface area (Å²) in [6.07, 6.45) is 5.25. The Balaban J connectivity index is 1.86. The van der Waals surface area contributed by atoms with Gasteiger partial charge >= 0.3 is 0 Å². The molecule has 0 radical (unpaired) electrons. The van der Waals surface area contributed by atoms with Crippen LogP contribution in [0, 0.1) is 0 Å². The van der Waals surface area contributed by atoms with Crippen molar-refractivity contribution < 1.29 is 5.11 Å². The molecule has 2 atom stereocenters. The molecule has 3 rings (SSSR count). The van der Waals surface area contributed by atoms with Gasteiger partial charge in [-0.1, -0.05) is 31.2 Å². The van der Waals surface area contributed by atoms with E-state index in [1.165, 1.54) is 18.4 Å². The molecule has 2 heteroatoms. The molecule has 2 nitrogen and oxygen atoms in total. The van der Waals surface area contributed by atoms with E-state index in [-0.39, 0.29) is 0 Å². The molecule has 0 aliphatic carbocycles. The predicted molar refractivity (Wildman–Crippen MR) is 68.9 cm³/mol. The molecule has 0 amide bonds. The first-order valence-corrected chi connectivity index (χ1v) is 6.77. The average Bonchev–Trinajstić information content (AvgIpc) is 2.69. The van der Waals surface area contributed by atoms with Crippen molar-refractivity contribution in [2.45, 2.75) is 56.7 Å². The molecule has 0 saturated carbocycles. The van der Waals surface area contributed by atoms with Crippen molar-refractivity contribution in [2.24, 2.45) is 0 Å². The summed E-state index contributed by atoms with van der Waals surface area (Å²) in [4.78, 5) is 0. The van der Waals surface area contributed by atoms with E-state index >= 15 is 0 Å². The summed E-state index contributed by atoms with van der Waals surface area (Å²) in [6, 6.07) is 9.57. The Kier molecular flexibility index (Phi) is 2.72. The molecule has 2 unspecified atom stereocenters. The third-order valence-electron chi connectivity index (χ3n) is 4.40. The van der Waals surface area contributed by atoms with E-state index in [2.05, 4.69) is 36.5 Å². The fourth-order valence-electron chi connectivity index (χ4n) is 3.41. The van der Waals surface area contributed by atoms with Gasteiger partial charge in [0.05, 0.1) is 5.60 Å². The largest absolute Gasteiger partial charge is 0.385 e. The lowest BCUT2D eigenvalue weighted by Gasteiger charge is -2.37.